The van der Waals surface area contributed by atoms with Crippen LogP contribution in [0.2, 0.25) is 0 Å². The zero-order valence-electron chi connectivity index (χ0n) is 11.4. The van der Waals surface area contributed by atoms with Gasteiger partial charge in [-0.3, -0.25) is 0 Å². The second-order valence-electron chi connectivity index (χ2n) is 4.71. The van der Waals surface area contributed by atoms with Gasteiger partial charge < -0.3 is 0 Å². The molecule has 1 aliphatic rings. The van der Waals surface area contributed by atoms with Gasteiger partial charge >= 0.3 is 0 Å². The van der Waals surface area contributed by atoms with Crippen LogP contribution in [0.5, 0.6) is 0 Å². The molecule has 0 radical (unpaired) electrons. The summed E-state index contributed by atoms with van der Waals surface area (Å²) in [7, 11) is 0. The van der Waals surface area contributed by atoms with Gasteiger partial charge in [0.05, 0.1) is 0 Å². The molecule has 0 saturated heterocycles. The molecule has 2 heteroatoms. The number of rotatable bonds is 3. The van der Waals surface area contributed by atoms with E-state index in [4.69, 9.17) is 0 Å². The molecule has 1 aliphatic heterocycles. The van der Waals surface area contributed by atoms with E-state index >= 15 is 0 Å². The van der Waals surface area contributed by atoms with Gasteiger partial charge in [0.2, 0.25) is 0 Å². The number of aryl methyl sites for hydroxylation is 1. The summed E-state index contributed by atoms with van der Waals surface area (Å²) in [6, 6.07) is 17.3. The minimum Gasteiger partial charge on any atom is -0.113 e. The third-order valence-corrected chi connectivity index (χ3v) is 5.92. The second-order valence-corrected chi connectivity index (χ2v) is 7.04. The molecule has 2 aromatic rings. The van der Waals surface area contributed by atoms with Crippen LogP contribution in [0.15, 0.2) is 55.1 Å². The molecule has 0 saturated carbocycles. The molecule has 0 aromatic heterocycles. The van der Waals surface area contributed by atoms with Crippen molar-refractivity contribution in [1.29, 1.82) is 0 Å². The Morgan fingerprint density at radius 1 is 0.950 bits per heavy atom. The molecule has 0 aliphatic carbocycles. The van der Waals surface area contributed by atoms with Crippen LogP contribution in [0, 0.1) is 6.92 Å². The predicted molar refractivity (Wildman–Crippen MR) is 94.6 cm³/mol. The van der Waals surface area contributed by atoms with Crippen LogP contribution in [0.4, 0.5) is 0 Å². The Kier molecular flexibility index (Phi) is 4.04. The number of thioether (sulfide) groups is 2. The lowest BCUT2D eigenvalue weighted by molar-refractivity contribution is 1.44. The smallest absolute Gasteiger partial charge is 0.0488 e. The van der Waals surface area contributed by atoms with E-state index < -0.39 is 0 Å². The van der Waals surface area contributed by atoms with Crippen LogP contribution in [0.1, 0.15) is 22.3 Å². The standard InChI is InChI=1S/C18H16S2/c1-3-14-8-10-15(11-9-14)17-18(20-12-19-17)16-7-5-4-6-13(16)2/h3-11H,1,12H2,2H3. The largest absolute Gasteiger partial charge is 0.113 e. The lowest BCUT2D eigenvalue weighted by atomic mass is 10.1. The third kappa shape index (κ3) is 2.58. The van der Waals surface area contributed by atoms with Crippen molar-refractivity contribution in [2.24, 2.45) is 0 Å². The van der Waals surface area contributed by atoms with Crippen LogP contribution in [-0.2, 0) is 0 Å². The number of hydrogen-bond donors (Lipinski definition) is 0. The molecule has 0 spiro atoms. The SMILES string of the molecule is C=Cc1ccc(C2=C(c3ccccc3C)SCS2)cc1. The first kappa shape index (κ1) is 13.6. The Bertz CT molecular complexity index is 666. The second kappa shape index (κ2) is 5.94. The Balaban J connectivity index is 2.07. The van der Waals surface area contributed by atoms with Crippen molar-refractivity contribution in [3.05, 3.63) is 77.4 Å². The molecule has 0 bridgehead atoms. The minimum absolute atomic E-state index is 1.10. The highest BCUT2D eigenvalue weighted by Gasteiger charge is 2.20. The fourth-order valence-corrected chi connectivity index (χ4v) is 5.00. The van der Waals surface area contributed by atoms with E-state index in [1.54, 1.807) is 0 Å². The van der Waals surface area contributed by atoms with Gasteiger partial charge in [0.25, 0.3) is 0 Å². The highest BCUT2D eigenvalue weighted by Crippen LogP contribution is 2.50. The molecular weight excluding hydrogens is 280 g/mol. The molecule has 0 atom stereocenters. The molecule has 2 aromatic carbocycles. The summed E-state index contributed by atoms with van der Waals surface area (Å²) in [5, 5.41) is 1.10. The predicted octanol–water partition coefficient (Wildman–Crippen LogP) is 5.90. The highest BCUT2D eigenvalue weighted by molar-refractivity contribution is 8.28. The van der Waals surface area contributed by atoms with Crippen molar-refractivity contribution < 1.29 is 0 Å². The number of benzene rings is 2. The van der Waals surface area contributed by atoms with Gasteiger partial charge in [0, 0.05) is 14.9 Å². The van der Waals surface area contributed by atoms with E-state index in [1.807, 2.05) is 29.6 Å². The zero-order valence-corrected chi connectivity index (χ0v) is 13.1. The molecule has 0 fully saturated rings. The maximum Gasteiger partial charge on any atom is 0.0488 e. The highest BCUT2D eigenvalue weighted by atomic mass is 32.2. The minimum atomic E-state index is 1.10. The molecule has 0 N–H and O–H groups in total. The van der Waals surface area contributed by atoms with Crippen LogP contribution >= 0.6 is 23.5 Å². The van der Waals surface area contributed by atoms with E-state index in [-0.39, 0.29) is 0 Å². The fourth-order valence-electron chi connectivity index (χ4n) is 2.29. The molecule has 20 heavy (non-hydrogen) atoms. The molecule has 3 rings (SSSR count). The van der Waals surface area contributed by atoms with Crippen LogP contribution < -0.4 is 0 Å². The first-order valence-electron chi connectivity index (χ1n) is 6.58. The van der Waals surface area contributed by atoms with Crippen molar-refractivity contribution >= 4 is 39.4 Å². The summed E-state index contributed by atoms with van der Waals surface area (Å²) in [6.45, 7) is 6.00. The summed E-state index contributed by atoms with van der Waals surface area (Å²) < 4.78 is 0. The van der Waals surface area contributed by atoms with Crippen molar-refractivity contribution in [1.82, 2.24) is 0 Å². The van der Waals surface area contributed by atoms with Gasteiger partial charge in [-0.05, 0) is 29.2 Å². The average molecular weight is 296 g/mol. The van der Waals surface area contributed by atoms with Gasteiger partial charge in [-0.25, -0.2) is 0 Å². The first-order valence-corrected chi connectivity index (χ1v) is 8.55. The lowest BCUT2D eigenvalue weighted by Gasteiger charge is -2.09. The van der Waals surface area contributed by atoms with Gasteiger partial charge in [-0.2, -0.15) is 0 Å². The Morgan fingerprint density at radius 3 is 2.35 bits per heavy atom. The topological polar surface area (TPSA) is 0 Å². The van der Waals surface area contributed by atoms with Gasteiger partial charge in [0.15, 0.2) is 0 Å². The van der Waals surface area contributed by atoms with Crippen LogP contribution in [-0.4, -0.2) is 5.08 Å². The van der Waals surface area contributed by atoms with Gasteiger partial charge in [-0.1, -0.05) is 61.2 Å². The zero-order chi connectivity index (χ0) is 13.9. The quantitative estimate of drug-likeness (QED) is 0.691. The molecule has 0 amide bonds. The summed E-state index contributed by atoms with van der Waals surface area (Å²) in [4.78, 5) is 2.82. The van der Waals surface area contributed by atoms with Crippen LogP contribution in [0.3, 0.4) is 0 Å². The maximum atomic E-state index is 3.81. The van der Waals surface area contributed by atoms with Crippen molar-refractivity contribution in [3.63, 3.8) is 0 Å². The van der Waals surface area contributed by atoms with E-state index in [0.29, 0.717) is 0 Å². The molecule has 1 heterocycles. The molecular formula is C18H16S2. The molecule has 0 unspecified atom stereocenters. The van der Waals surface area contributed by atoms with E-state index in [2.05, 4.69) is 62.0 Å². The van der Waals surface area contributed by atoms with E-state index in [9.17, 15) is 0 Å². The Morgan fingerprint density at radius 2 is 1.65 bits per heavy atom. The van der Waals surface area contributed by atoms with Gasteiger partial charge in [-0.15, -0.1) is 23.5 Å². The first-order chi connectivity index (χ1) is 9.79. The number of hydrogen-bond acceptors (Lipinski definition) is 2. The van der Waals surface area contributed by atoms with Crippen molar-refractivity contribution in [3.8, 4) is 0 Å². The summed E-state index contributed by atoms with van der Waals surface area (Å²) >= 11 is 3.88. The molecule has 100 valence electrons. The maximum absolute atomic E-state index is 3.81. The fraction of sp³-hybridized carbons (Fsp3) is 0.111. The van der Waals surface area contributed by atoms with E-state index in [1.165, 1.54) is 32.1 Å². The monoisotopic (exact) mass is 296 g/mol. The van der Waals surface area contributed by atoms with Crippen molar-refractivity contribution in [2.45, 2.75) is 6.92 Å². The summed E-state index contributed by atoms with van der Waals surface area (Å²) in [5.74, 6) is 0. The van der Waals surface area contributed by atoms with Crippen molar-refractivity contribution in [2.75, 3.05) is 5.08 Å². The van der Waals surface area contributed by atoms with E-state index in [0.717, 1.165) is 5.08 Å². The third-order valence-electron chi connectivity index (χ3n) is 3.41. The normalized spacial score (nSPS) is 14.7. The summed E-state index contributed by atoms with van der Waals surface area (Å²) in [6.07, 6.45) is 1.89. The summed E-state index contributed by atoms with van der Waals surface area (Å²) in [5.41, 5.74) is 5.19. The Labute approximate surface area is 129 Å². The lowest BCUT2D eigenvalue weighted by Crippen LogP contribution is -1.86. The van der Waals surface area contributed by atoms with Gasteiger partial charge in [0.1, 0.15) is 0 Å². The average Bonchev–Trinajstić information content (AvgIpc) is 2.97. The Hall–Kier alpha value is -1.38. The van der Waals surface area contributed by atoms with Crippen LogP contribution in [0.25, 0.3) is 15.9 Å². The molecule has 0 nitrogen and oxygen atoms in total.